The van der Waals surface area contributed by atoms with Gasteiger partial charge in [0.1, 0.15) is 11.6 Å². The molecule has 0 saturated carbocycles. The summed E-state index contributed by atoms with van der Waals surface area (Å²) < 4.78 is 18.9. The van der Waals surface area contributed by atoms with Gasteiger partial charge >= 0.3 is 0 Å². The topological polar surface area (TPSA) is 40.2 Å². The molecule has 0 spiro atoms. The maximum atomic E-state index is 13.7. The van der Waals surface area contributed by atoms with Crippen molar-refractivity contribution in [2.75, 3.05) is 7.05 Å². The summed E-state index contributed by atoms with van der Waals surface area (Å²) in [4.78, 5) is 1.98. The summed E-state index contributed by atoms with van der Waals surface area (Å²) >= 11 is 0. The minimum atomic E-state index is -0.283. The van der Waals surface area contributed by atoms with Crippen molar-refractivity contribution < 1.29 is 8.81 Å². The summed E-state index contributed by atoms with van der Waals surface area (Å²) in [5.74, 6) is 0.591. The van der Waals surface area contributed by atoms with Gasteiger partial charge < -0.3 is 4.42 Å². The van der Waals surface area contributed by atoms with Gasteiger partial charge in [0, 0.05) is 24.2 Å². The number of rotatable bonds is 4. The fourth-order valence-electron chi connectivity index (χ4n) is 1.98. The van der Waals surface area contributed by atoms with Gasteiger partial charge in [-0.2, -0.15) is 5.26 Å². The number of nitriles is 1. The minimum absolute atomic E-state index is 0.283. The molecule has 0 bridgehead atoms. The van der Waals surface area contributed by atoms with Crippen LogP contribution in [0.3, 0.4) is 0 Å². The molecule has 0 aliphatic carbocycles. The van der Waals surface area contributed by atoms with E-state index in [0.29, 0.717) is 24.2 Å². The Bertz CT molecular complexity index is 613. The van der Waals surface area contributed by atoms with Crippen molar-refractivity contribution in [1.29, 1.82) is 5.26 Å². The van der Waals surface area contributed by atoms with E-state index in [1.54, 1.807) is 12.3 Å². The zero-order valence-corrected chi connectivity index (χ0v) is 11.0. The van der Waals surface area contributed by atoms with Crippen molar-refractivity contribution in [3.05, 3.63) is 58.8 Å². The molecular weight excluding hydrogens is 243 g/mol. The van der Waals surface area contributed by atoms with E-state index >= 15 is 0 Å². The van der Waals surface area contributed by atoms with Crippen LogP contribution < -0.4 is 0 Å². The van der Waals surface area contributed by atoms with E-state index in [1.807, 2.05) is 31.0 Å². The third kappa shape index (κ3) is 3.21. The number of nitrogens with zero attached hydrogens (tertiary/aromatic N) is 2. The first-order valence-corrected chi connectivity index (χ1v) is 6.00. The second-order valence-corrected chi connectivity index (χ2v) is 4.59. The number of hydrogen-bond donors (Lipinski definition) is 0. The molecule has 1 aromatic carbocycles. The van der Waals surface area contributed by atoms with Crippen LogP contribution in [0.1, 0.15) is 22.5 Å². The lowest BCUT2D eigenvalue weighted by atomic mass is 10.1. The number of hydrogen-bond acceptors (Lipinski definition) is 3. The molecule has 0 aliphatic heterocycles. The third-order valence-corrected chi connectivity index (χ3v) is 3.02. The summed E-state index contributed by atoms with van der Waals surface area (Å²) in [7, 11) is 1.91. The Morgan fingerprint density at radius 3 is 2.63 bits per heavy atom. The molecule has 0 fully saturated rings. The highest BCUT2D eigenvalue weighted by Gasteiger charge is 2.09. The standard InChI is InChI=1S/C15H15FN2O/c1-11-13(5-6-19-11)9-18(2)10-14-7-12(8-17)3-4-15(14)16/h3-7H,9-10H2,1-2H3. The summed E-state index contributed by atoms with van der Waals surface area (Å²) in [5, 5.41) is 8.83. The van der Waals surface area contributed by atoms with E-state index < -0.39 is 0 Å². The highest BCUT2D eigenvalue weighted by Crippen LogP contribution is 2.15. The van der Waals surface area contributed by atoms with Crippen molar-refractivity contribution in [3.63, 3.8) is 0 Å². The lowest BCUT2D eigenvalue weighted by Crippen LogP contribution is -2.18. The Morgan fingerprint density at radius 2 is 2.00 bits per heavy atom. The average molecular weight is 258 g/mol. The predicted molar refractivity (Wildman–Crippen MR) is 69.7 cm³/mol. The van der Waals surface area contributed by atoms with Gasteiger partial charge in [-0.3, -0.25) is 4.90 Å². The number of aryl methyl sites for hydroxylation is 1. The molecule has 4 heteroatoms. The number of furan rings is 1. The number of halogens is 1. The second kappa shape index (κ2) is 5.68. The van der Waals surface area contributed by atoms with Crippen LogP contribution in [0.2, 0.25) is 0 Å². The Kier molecular flexibility index (Phi) is 3.98. The first-order chi connectivity index (χ1) is 9.10. The summed E-state index contributed by atoms with van der Waals surface area (Å²) in [6.45, 7) is 3.03. The normalized spacial score (nSPS) is 10.7. The fourth-order valence-corrected chi connectivity index (χ4v) is 1.98. The fraction of sp³-hybridized carbons (Fsp3) is 0.267. The second-order valence-electron chi connectivity index (χ2n) is 4.59. The predicted octanol–water partition coefficient (Wildman–Crippen LogP) is 3.23. The molecule has 0 saturated heterocycles. The van der Waals surface area contributed by atoms with Gasteiger partial charge in [-0.15, -0.1) is 0 Å². The lowest BCUT2D eigenvalue weighted by molar-refractivity contribution is 0.311. The quantitative estimate of drug-likeness (QED) is 0.845. The summed E-state index contributed by atoms with van der Waals surface area (Å²) in [6, 6.07) is 8.35. The maximum Gasteiger partial charge on any atom is 0.127 e. The van der Waals surface area contributed by atoms with Crippen LogP contribution in [0.15, 0.2) is 34.9 Å². The van der Waals surface area contributed by atoms with Gasteiger partial charge in [0.05, 0.1) is 17.9 Å². The zero-order chi connectivity index (χ0) is 13.8. The highest BCUT2D eigenvalue weighted by atomic mass is 19.1. The minimum Gasteiger partial charge on any atom is -0.469 e. The first-order valence-electron chi connectivity index (χ1n) is 6.00. The molecule has 3 nitrogen and oxygen atoms in total. The van der Waals surface area contributed by atoms with Crippen molar-refractivity contribution in [1.82, 2.24) is 4.90 Å². The smallest absolute Gasteiger partial charge is 0.127 e. The third-order valence-electron chi connectivity index (χ3n) is 3.02. The molecule has 0 N–H and O–H groups in total. The molecule has 98 valence electrons. The van der Waals surface area contributed by atoms with Crippen LogP contribution in [0, 0.1) is 24.1 Å². The van der Waals surface area contributed by atoms with Gasteiger partial charge in [0.25, 0.3) is 0 Å². The Hall–Kier alpha value is -2.12. The van der Waals surface area contributed by atoms with E-state index in [0.717, 1.165) is 11.3 Å². The molecule has 1 heterocycles. The average Bonchev–Trinajstić information content (AvgIpc) is 2.78. The molecule has 0 amide bonds. The Labute approximate surface area is 111 Å². The lowest BCUT2D eigenvalue weighted by Gasteiger charge is -2.16. The molecule has 0 radical (unpaired) electrons. The largest absolute Gasteiger partial charge is 0.469 e. The van der Waals surface area contributed by atoms with Crippen LogP contribution in [0.4, 0.5) is 4.39 Å². The van der Waals surface area contributed by atoms with Crippen molar-refractivity contribution in [3.8, 4) is 6.07 Å². The van der Waals surface area contributed by atoms with Crippen molar-refractivity contribution >= 4 is 0 Å². The van der Waals surface area contributed by atoms with Crippen LogP contribution in [0.25, 0.3) is 0 Å². The molecule has 0 unspecified atom stereocenters. The monoisotopic (exact) mass is 258 g/mol. The van der Waals surface area contributed by atoms with Gasteiger partial charge in [-0.05, 0) is 38.2 Å². The van der Waals surface area contributed by atoms with Crippen molar-refractivity contribution in [2.24, 2.45) is 0 Å². The van der Waals surface area contributed by atoms with Crippen molar-refractivity contribution in [2.45, 2.75) is 20.0 Å². The van der Waals surface area contributed by atoms with Gasteiger partial charge in [0.2, 0.25) is 0 Å². The van der Waals surface area contributed by atoms with Gasteiger partial charge in [-0.25, -0.2) is 4.39 Å². The molecule has 0 aliphatic rings. The number of benzene rings is 1. The van der Waals surface area contributed by atoms with E-state index in [1.165, 1.54) is 12.1 Å². The zero-order valence-electron chi connectivity index (χ0n) is 11.0. The van der Waals surface area contributed by atoms with E-state index in [4.69, 9.17) is 9.68 Å². The molecule has 0 atom stereocenters. The SMILES string of the molecule is Cc1occc1CN(C)Cc1cc(C#N)ccc1F. The van der Waals surface area contributed by atoms with Crippen LogP contribution in [0.5, 0.6) is 0 Å². The van der Waals surface area contributed by atoms with Gasteiger partial charge in [-0.1, -0.05) is 0 Å². The molecule has 2 rings (SSSR count). The first kappa shape index (κ1) is 13.3. The Balaban J connectivity index is 2.09. The highest BCUT2D eigenvalue weighted by molar-refractivity contribution is 5.33. The van der Waals surface area contributed by atoms with E-state index in [9.17, 15) is 4.39 Å². The van der Waals surface area contributed by atoms with Crippen LogP contribution in [-0.4, -0.2) is 11.9 Å². The molecule has 2 aromatic rings. The maximum absolute atomic E-state index is 13.7. The van der Waals surface area contributed by atoms with E-state index in [-0.39, 0.29) is 5.82 Å². The summed E-state index contributed by atoms with van der Waals surface area (Å²) in [6.07, 6.45) is 1.65. The van der Waals surface area contributed by atoms with Gasteiger partial charge in [0.15, 0.2) is 0 Å². The van der Waals surface area contributed by atoms with Crippen LogP contribution >= 0.6 is 0 Å². The van der Waals surface area contributed by atoms with E-state index in [2.05, 4.69) is 0 Å². The molecule has 1 aromatic heterocycles. The Morgan fingerprint density at radius 1 is 1.26 bits per heavy atom. The summed E-state index contributed by atoms with van der Waals surface area (Å²) in [5.41, 5.74) is 2.09. The van der Waals surface area contributed by atoms with Crippen LogP contribution in [-0.2, 0) is 13.1 Å². The molecule has 19 heavy (non-hydrogen) atoms. The molecular formula is C15H15FN2O.